The smallest absolute Gasteiger partial charge is 0.244 e. The van der Waals surface area contributed by atoms with Crippen molar-refractivity contribution in [1.82, 2.24) is 9.21 Å². The van der Waals surface area contributed by atoms with E-state index in [1.807, 2.05) is 0 Å². The van der Waals surface area contributed by atoms with Crippen molar-refractivity contribution >= 4 is 33.2 Å². The van der Waals surface area contributed by atoms with Gasteiger partial charge in [0.1, 0.15) is 4.90 Å². The molecule has 118 valence electrons. The van der Waals surface area contributed by atoms with Crippen molar-refractivity contribution in [3.05, 3.63) is 28.2 Å². The Morgan fingerprint density at radius 1 is 1.14 bits per heavy atom. The molecule has 0 radical (unpaired) electrons. The largest absolute Gasteiger partial charge is 0.396 e. The first-order valence-electron chi connectivity index (χ1n) is 6.73. The second-order valence-corrected chi connectivity index (χ2v) is 7.65. The highest BCUT2D eigenvalue weighted by Crippen LogP contribution is 2.28. The summed E-state index contributed by atoms with van der Waals surface area (Å²) in [5.74, 6) is 0. The molecule has 1 heterocycles. The molecular weight excluding hydrogens is 335 g/mol. The second-order valence-electron chi connectivity index (χ2n) is 4.90. The summed E-state index contributed by atoms with van der Waals surface area (Å²) >= 11 is 11.9. The molecule has 0 saturated carbocycles. The highest BCUT2D eigenvalue weighted by atomic mass is 35.5. The molecule has 1 saturated heterocycles. The van der Waals surface area contributed by atoms with Crippen LogP contribution in [0.4, 0.5) is 0 Å². The number of aliphatic hydroxyl groups excluding tert-OH is 1. The molecule has 0 unspecified atom stereocenters. The first-order chi connectivity index (χ1) is 9.95. The third kappa shape index (κ3) is 4.09. The Morgan fingerprint density at radius 2 is 1.81 bits per heavy atom. The number of piperazine rings is 1. The summed E-state index contributed by atoms with van der Waals surface area (Å²) in [5.41, 5.74) is 0. The van der Waals surface area contributed by atoms with E-state index in [4.69, 9.17) is 28.3 Å². The Hall–Kier alpha value is -0.370. The van der Waals surface area contributed by atoms with Gasteiger partial charge in [-0.15, -0.1) is 0 Å². The molecule has 2 rings (SSSR count). The Kier molecular flexibility index (Phi) is 5.88. The Bertz CT molecular complexity index is 587. The minimum Gasteiger partial charge on any atom is -0.396 e. The molecule has 1 N–H and O–H groups in total. The molecule has 0 atom stereocenters. The van der Waals surface area contributed by atoms with Gasteiger partial charge in [-0.2, -0.15) is 4.31 Å². The van der Waals surface area contributed by atoms with Crippen LogP contribution in [-0.2, 0) is 10.0 Å². The Balaban J connectivity index is 2.10. The van der Waals surface area contributed by atoms with Gasteiger partial charge in [0.05, 0.1) is 5.02 Å². The summed E-state index contributed by atoms with van der Waals surface area (Å²) in [6, 6.07) is 4.45. The van der Waals surface area contributed by atoms with Crippen LogP contribution in [0.15, 0.2) is 23.1 Å². The molecule has 1 aromatic carbocycles. The van der Waals surface area contributed by atoms with Crippen LogP contribution < -0.4 is 0 Å². The van der Waals surface area contributed by atoms with Gasteiger partial charge in [0.25, 0.3) is 0 Å². The maximum atomic E-state index is 12.6. The maximum absolute atomic E-state index is 12.6. The zero-order valence-electron chi connectivity index (χ0n) is 11.5. The SMILES string of the molecule is O=S(=O)(c1cc(Cl)ccc1Cl)N1CCN(CCCO)CC1. The molecule has 1 aromatic rings. The lowest BCUT2D eigenvalue weighted by Crippen LogP contribution is -2.48. The molecule has 0 amide bonds. The van der Waals surface area contributed by atoms with Crippen LogP contribution in [0.25, 0.3) is 0 Å². The number of halogens is 2. The molecule has 21 heavy (non-hydrogen) atoms. The lowest BCUT2D eigenvalue weighted by atomic mass is 10.3. The van der Waals surface area contributed by atoms with Gasteiger partial charge >= 0.3 is 0 Å². The Labute approximate surface area is 135 Å². The topological polar surface area (TPSA) is 60.9 Å². The summed E-state index contributed by atoms with van der Waals surface area (Å²) in [5, 5.41) is 9.35. The van der Waals surface area contributed by atoms with E-state index in [2.05, 4.69) is 4.90 Å². The summed E-state index contributed by atoms with van der Waals surface area (Å²) in [6.07, 6.45) is 0.701. The predicted octanol–water partition coefficient (Wildman–Crippen LogP) is 1.68. The van der Waals surface area contributed by atoms with Crippen LogP contribution in [0.2, 0.25) is 10.0 Å². The molecule has 1 aliphatic heterocycles. The summed E-state index contributed by atoms with van der Waals surface area (Å²) < 4.78 is 26.6. The zero-order chi connectivity index (χ0) is 15.5. The fraction of sp³-hybridized carbons (Fsp3) is 0.538. The predicted molar refractivity (Wildman–Crippen MR) is 83.4 cm³/mol. The fourth-order valence-electron chi connectivity index (χ4n) is 2.30. The maximum Gasteiger partial charge on any atom is 0.244 e. The average molecular weight is 353 g/mol. The van der Waals surface area contributed by atoms with E-state index in [1.165, 1.54) is 16.4 Å². The molecule has 0 bridgehead atoms. The van der Waals surface area contributed by atoms with Gasteiger partial charge in [0.2, 0.25) is 10.0 Å². The quantitative estimate of drug-likeness (QED) is 0.875. The molecule has 8 heteroatoms. The number of rotatable bonds is 5. The van der Waals surface area contributed by atoms with E-state index < -0.39 is 10.0 Å². The average Bonchev–Trinajstić information content (AvgIpc) is 2.48. The van der Waals surface area contributed by atoms with Crippen molar-refractivity contribution in [3.63, 3.8) is 0 Å². The van der Waals surface area contributed by atoms with Gasteiger partial charge in [-0.05, 0) is 24.6 Å². The Morgan fingerprint density at radius 3 is 2.43 bits per heavy atom. The minimum atomic E-state index is -3.62. The fourth-order valence-corrected chi connectivity index (χ4v) is 4.46. The van der Waals surface area contributed by atoms with E-state index in [9.17, 15) is 8.42 Å². The van der Waals surface area contributed by atoms with Gasteiger partial charge in [-0.25, -0.2) is 8.42 Å². The second kappa shape index (κ2) is 7.26. The van der Waals surface area contributed by atoms with E-state index in [1.54, 1.807) is 6.07 Å². The van der Waals surface area contributed by atoms with E-state index >= 15 is 0 Å². The van der Waals surface area contributed by atoms with E-state index in [-0.39, 0.29) is 16.5 Å². The van der Waals surface area contributed by atoms with Crippen LogP contribution in [0.3, 0.4) is 0 Å². The lowest BCUT2D eigenvalue weighted by Gasteiger charge is -2.34. The van der Waals surface area contributed by atoms with Crippen LogP contribution >= 0.6 is 23.2 Å². The summed E-state index contributed by atoms with van der Waals surface area (Å²) in [4.78, 5) is 2.20. The van der Waals surface area contributed by atoms with Gasteiger partial charge in [0, 0.05) is 44.4 Å². The highest BCUT2D eigenvalue weighted by Gasteiger charge is 2.30. The number of benzene rings is 1. The highest BCUT2D eigenvalue weighted by molar-refractivity contribution is 7.89. The van der Waals surface area contributed by atoms with Crippen LogP contribution in [0, 0.1) is 0 Å². The monoisotopic (exact) mass is 352 g/mol. The number of nitrogens with zero attached hydrogens (tertiary/aromatic N) is 2. The van der Waals surface area contributed by atoms with Crippen molar-refractivity contribution in [3.8, 4) is 0 Å². The molecule has 1 aliphatic rings. The van der Waals surface area contributed by atoms with Crippen molar-refractivity contribution in [2.24, 2.45) is 0 Å². The normalized spacial score (nSPS) is 18.0. The number of hydrogen-bond donors (Lipinski definition) is 1. The van der Waals surface area contributed by atoms with E-state index in [0.717, 1.165) is 6.54 Å². The number of hydrogen-bond acceptors (Lipinski definition) is 4. The third-order valence-corrected chi connectivity index (χ3v) is 6.09. The third-order valence-electron chi connectivity index (χ3n) is 3.47. The molecular formula is C13H18Cl2N2O3S. The van der Waals surface area contributed by atoms with Crippen LogP contribution in [-0.4, -0.2) is 62.1 Å². The minimum absolute atomic E-state index is 0.0560. The number of aliphatic hydroxyl groups is 1. The first kappa shape index (κ1) is 17.0. The van der Waals surface area contributed by atoms with Gasteiger partial charge < -0.3 is 10.0 Å². The van der Waals surface area contributed by atoms with Crippen LogP contribution in [0.1, 0.15) is 6.42 Å². The molecule has 1 fully saturated rings. The van der Waals surface area contributed by atoms with Crippen molar-refractivity contribution < 1.29 is 13.5 Å². The molecule has 0 spiro atoms. The zero-order valence-corrected chi connectivity index (χ0v) is 13.8. The van der Waals surface area contributed by atoms with Gasteiger partial charge in [0.15, 0.2) is 0 Å². The molecule has 0 aliphatic carbocycles. The summed E-state index contributed by atoms with van der Waals surface area (Å²) in [6.45, 7) is 3.06. The summed E-state index contributed by atoms with van der Waals surface area (Å²) in [7, 11) is -3.62. The lowest BCUT2D eigenvalue weighted by molar-refractivity contribution is 0.171. The van der Waals surface area contributed by atoms with Crippen molar-refractivity contribution in [2.75, 3.05) is 39.3 Å². The van der Waals surface area contributed by atoms with Crippen molar-refractivity contribution in [2.45, 2.75) is 11.3 Å². The van der Waals surface area contributed by atoms with Crippen molar-refractivity contribution in [1.29, 1.82) is 0 Å². The standard InChI is InChI=1S/C13H18Cl2N2O3S/c14-11-2-3-12(15)13(10-11)21(19,20)17-7-5-16(6-8-17)4-1-9-18/h2-3,10,18H,1,4-9H2. The van der Waals surface area contributed by atoms with E-state index in [0.29, 0.717) is 37.6 Å². The molecule has 5 nitrogen and oxygen atoms in total. The number of sulfonamides is 1. The van der Waals surface area contributed by atoms with Gasteiger partial charge in [-0.3, -0.25) is 0 Å². The first-order valence-corrected chi connectivity index (χ1v) is 8.93. The van der Waals surface area contributed by atoms with Gasteiger partial charge in [-0.1, -0.05) is 23.2 Å². The van der Waals surface area contributed by atoms with Crippen LogP contribution in [0.5, 0.6) is 0 Å². The molecule has 0 aromatic heterocycles.